The predicted molar refractivity (Wildman–Crippen MR) is 78.7 cm³/mol. The summed E-state index contributed by atoms with van der Waals surface area (Å²) < 4.78 is 5.22. The second-order valence-electron chi connectivity index (χ2n) is 5.16. The van der Waals surface area contributed by atoms with Crippen LogP contribution < -0.4 is 10.6 Å². The number of carbonyl (C=O) groups is 2. The van der Waals surface area contributed by atoms with Crippen molar-refractivity contribution in [3.63, 3.8) is 0 Å². The van der Waals surface area contributed by atoms with E-state index in [0.29, 0.717) is 32.7 Å². The molecule has 7 heteroatoms. The molecule has 2 aliphatic rings. The number of thioether (sulfide) groups is 1. The van der Waals surface area contributed by atoms with Gasteiger partial charge in [0.05, 0.1) is 13.2 Å². The highest BCUT2D eigenvalue weighted by atomic mass is 32.2. The molecule has 0 aliphatic carbocycles. The summed E-state index contributed by atoms with van der Waals surface area (Å²) >= 11 is 1.86. The molecule has 2 heterocycles. The van der Waals surface area contributed by atoms with Gasteiger partial charge in [0.2, 0.25) is 11.8 Å². The molecule has 2 rings (SSSR count). The molecule has 0 spiro atoms. The Labute approximate surface area is 124 Å². The molecular formula is C13H23N3O3S. The molecule has 0 saturated carbocycles. The second kappa shape index (κ2) is 7.85. The lowest BCUT2D eigenvalue weighted by Gasteiger charge is -2.30. The largest absolute Gasteiger partial charge is 0.378 e. The Morgan fingerprint density at radius 3 is 2.85 bits per heavy atom. The van der Waals surface area contributed by atoms with Crippen molar-refractivity contribution in [1.82, 2.24) is 15.5 Å². The number of hydrogen-bond acceptors (Lipinski definition) is 5. The normalized spacial score (nSPS) is 25.1. The number of nitrogens with one attached hydrogen (secondary N) is 2. The standard InChI is InChI=1S/C13H23N3O3S/c1-10(13(18)16-3-5-19-6-4-16)15-12(17)8-11-9-20-7-2-14-11/h10-11,14H,2-9H2,1H3,(H,15,17). The van der Waals surface area contributed by atoms with Crippen LogP contribution in [0.1, 0.15) is 13.3 Å². The van der Waals surface area contributed by atoms with Crippen molar-refractivity contribution in [3.05, 3.63) is 0 Å². The zero-order chi connectivity index (χ0) is 14.4. The Kier molecular flexibility index (Phi) is 6.12. The smallest absolute Gasteiger partial charge is 0.245 e. The van der Waals surface area contributed by atoms with Gasteiger partial charge in [-0.3, -0.25) is 9.59 Å². The number of amides is 2. The Hall–Kier alpha value is -0.790. The molecule has 2 saturated heterocycles. The van der Waals surface area contributed by atoms with Crippen molar-refractivity contribution in [2.75, 3.05) is 44.4 Å². The van der Waals surface area contributed by atoms with Crippen LogP contribution in [0.2, 0.25) is 0 Å². The van der Waals surface area contributed by atoms with E-state index in [2.05, 4.69) is 10.6 Å². The Morgan fingerprint density at radius 2 is 2.20 bits per heavy atom. The lowest BCUT2D eigenvalue weighted by atomic mass is 10.2. The minimum Gasteiger partial charge on any atom is -0.378 e. The van der Waals surface area contributed by atoms with Gasteiger partial charge in [-0.25, -0.2) is 0 Å². The summed E-state index contributed by atoms with van der Waals surface area (Å²) in [6, 6.07) is -0.240. The Bertz CT molecular complexity index is 342. The molecule has 114 valence electrons. The van der Waals surface area contributed by atoms with Gasteiger partial charge in [0, 0.05) is 43.6 Å². The average Bonchev–Trinajstić information content (AvgIpc) is 2.48. The third-order valence-corrected chi connectivity index (χ3v) is 4.63. The lowest BCUT2D eigenvalue weighted by molar-refractivity contribution is -0.139. The highest BCUT2D eigenvalue weighted by molar-refractivity contribution is 7.99. The summed E-state index contributed by atoms with van der Waals surface area (Å²) in [4.78, 5) is 25.9. The summed E-state index contributed by atoms with van der Waals surface area (Å²) in [5.41, 5.74) is 0. The zero-order valence-corrected chi connectivity index (χ0v) is 12.7. The minimum absolute atomic E-state index is 0.0207. The van der Waals surface area contributed by atoms with Crippen molar-refractivity contribution in [1.29, 1.82) is 0 Å². The Morgan fingerprint density at radius 1 is 1.45 bits per heavy atom. The third kappa shape index (κ3) is 4.64. The summed E-state index contributed by atoms with van der Waals surface area (Å²) in [5, 5.41) is 6.13. The van der Waals surface area contributed by atoms with E-state index in [1.165, 1.54) is 0 Å². The molecule has 0 aromatic rings. The number of ether oxygens (including phenoxy) is 1. The molecule has 2 amide bonds. The molecule has 0 aromatic heterocycles. The van der Waals surface area contributed by atoms with Crippen LogP contribution in [0.25, 0.3) is 0 Å². The number of rotatable bonds is 4. The van der Waals surface area contributed by atoms with Gasteiger partial charge in [0.15, 0.2) is 0 Å². The van der Waals surface area contributed by atoms with Crippen molar-refractivity contribution in [3.8, 4) is 0 Å². The number of hydrogen-bond donors (Lipinski definition) is 2. The minimum atomic E-state index is -0.461. The van der Waals surface area contributed by atoms with Crippen molar-refractivity contribution in [2.24, 2.45) is 0 Å². The first kappa shape index (κ1) is 15.6. The topological polar surface area (TPSA) is 70.7 Å². The molecule has 2 N–H and O–H groups in total. The van der Waals surface area contributed by atoms with Crippen LogP contribution in [0.3, 0.4) is 0 Å². The first-order valence-corrected chi connectivity index (χ1v) is 8.29. The van der Waals surface area contributed by atoms with Crippen molar-refractivity contribution >= 4 is 23.6 Å². The van der Waals surface area contributed by atoms with Gasteiger partial charge in [-0.1, -0.05) is 0 Å². The van der Waals surface area contributed by atoms with Crippen LogP contribution in [0.5, 0.6) is 0 Å². The van der Waals surface area contributed by atoms with Gasteiger partial charge in [0.1, 0.15) is 6.04 Å². The summed E-state index contributed by atoms with van der Waals surface area (Å²) in [7, 11) is 0. The van der Waals surface area contributed by atoms with E-state index in [1.807, 2.05) is 11.8 Å². The summed E-state index contributed by atoms with van der Waals surface area (Å²) in [5.74, 6) is 1.98. The maximum atomic E-state index is 12.2. The van der Waals surface area contributed by atoms with Gasteiger partial charge >= 0.3 is 0 Å². The third-order valence-electron chi connectivity index (χ3n) is 3.50. The summed E-state index contributed by atoms with van der Waals surface area (Å²) in [6.07, 6.45) is 0.438. The van der Waals surface area contributed by atoms with Crippen molar-refractivity contribution < 1.29 is 14.3 Å². The fourth-order valence-electron chi connectivity index (χ4n) is 2.39. The number of carbonyl (C=O) groups excluding carboxylic acids is 2. The zero-order valence-electron chi connectivity index (χ0n) is 11.9. The maximum absolute atomic E-state index is 12.2. The highest BCUT2D eigenvalue weighted by Crippen LogP contribution is 2.10. The van der Waals surface area contributed by atoms with E-state index in [0.717, 1.165) is 18.1 Å². The second-order valence-corrected chi connectivity index (χ2v) is 6.31. The van der Waals surface area contributed by atoms with E-state index < -0.39 is 6.04 Å². The quantitative estimate of drug-likeness (QED) is 0.729. The molecule has 0 aromatic carbocycles. The van der Waals surface area contributed by atoms with Crippen LogP contribution in [-0.4, -0.2) is 73.2 Å². The number of nitrogens with zero attached hydrogens (tertiary/aromatic N) is 1. The molecule has 20 heavy (non-hydrogen) atoms. The van der Waals surface area contributed by atoms with Crippen LogP contribution in [-0.2, 0) is 14.3 Å². The van der Waals surface area contributed by atoms with Crippen molar-refractivity contribution in [2.45, 2.75) is 25.4 Å². The van der Waals surface area contributed by atoms with Gasteiger partial charge < -0.3 is 20.3 Å². The van der Waals surface area contributed by atoms with Crippen LogP contribution >= 0.6 is 11.8 Å². The van der Waals surface area contributed by atoms with Crippen LogP contribution in [0, 0.1) is 0 Å². The van der Waals surface area contributed by atoms with E-state index in [-0.39, 0.29) is 17.9 Å². The lowest BCUT2D eigenvalue weighted by Crippen LogP contribution is -2.51. The summed E-state index contributed by atoms with van der Waals surface area (Å²) in [6.45, 7) is 5.08. The molecule has 2 aliphatic heterocycles. The van der Waals surface area contributed by atoms with E-state index >= 15 is 0 Å². The average molecular weight is 301 g/mol. The monoisotopic (exact) mass is 301 g/mol. The number of morpholine rings is 1. The highest BCUT2D eigenvalue weighted by Gasteiger charge is 2.24. The molecule has 2 unspecified atom stereocenters. The molecule has 0 radical (unpaired) electrons. The van der Waals surface area contributed by atoms with Gasteiger partial charge in [-0.15, -0.1) is 0 Å². The predicted octanol–water partition coefficient (Wildman–Crippen LogP) is -0.555. The molecule has 2 fully saturated rings. The van der Waals surface area contributed by atoms with Gasteiger partial charge in [0.25, 0.3) is 0 Å². The Balaban J connectivity index is 1.73. The van der Waals surface area contributed by atoms with E-state index in [4.69, 9.17) is 4.74 Å². The molecular weight excluding hydrogens is 278 g/mol. The molecule has 6 nitrogen and oxygen atoms in total. The van der Waals surface area contributed by atoms with Gasteiger partial charge in [-0.2, -0.15) is 11.8 Å². The SMILES string of the molecule is CC(NC(=O)CC1CSCCN1)C(=O)N1CCOCC1. The fraction of sp³-hybridized carbons (Fsp3) is 0.846. The first-order chi connectivity index (χ1) is 9.66. The van der Waals surface area contributed by atoms with Gasteiger partial charge in [-0.05, 0) is 6.92 Å². The van der Waals surface area contributed by atoms with Crippen LogP contribution in [0.4, 0.5) is 0 Å². The van der Waals surface area contributed by atoms with Crippen LogP contribution in [0.15, 0.2) is 0 Å². The first-order valence-electron chi connectivity index (χ1n) is 7.14. The molecule has 2 atom stereocenters. The fourth-order valence-corrected chi connectivity index (χ4v) is 3.34. The van der Waals surface area contributed by atoms with E-state index in [9.17, 15) is 9.59 Å². The maximum Gasteiger partial charge on any atom is 0.245 e. The van der Waals surface area contributed by atoms with E-state index in [1.54, 1.807) is 11.8 Å². The molecule has 0 bridgehead atoms.